The average Bonchev–Trinajstić information content (AvgIpc) is 2.50. The van der Waals surface area contributed by atoms with Crippen molar-refractivity contribution in [3.63, 3.8) is 0 Å². The number of piperidine rings is 1. The van der Waals surface area contributed by atoms with Crippen LogP contribution < -0.4 is 0 Å². The Balaban J connectivity index is 2.59. The third-order valence-electron chi connectivity index (χ3n) is 3.71. The molecule has 25 heavy (non-hydrogen) atoms. The van der Waals surface area contributed by atoms with Crippen LogP contribution in [0.4, 0.5) is 39.5 Å². The molecule has 0 atom stereocenters. The van der Waals surface area contributed by atoms with Crippen LogP contribution in [0, 0.1) is 0 Å². The highest BCUT2D eigenvalue weighted by Crippen LogP contribution is 2.53. The van der Waals surface area contributed by atoms with E-state index in [4.69, 9.17) is 0 Å². The van der Waals surface area contributed by atoms with Crippen molar-refractivity contribution in [1.82, 2.24) is 4.90 Å². The summed E-state index contributed by atoms with van der Waals surface area (Å²) in [4.78, 5) is 13.1. The van der Waals surface area contributed by atoms with Gasteiger partial charge in [0.15, 0.2) is 6.61 Å². The number of nitrogens with zero attached hydrogens (tertiary/aromatic N) is 1. The second-order valence-corrected chi connectivity index (χ2v) is 5.66. The number of hydrogen-bond donors (Lipinski definition) is 0. The molecule has 0 unspecified atom stereocenters. The molecule has 1 fully saturated rings. The first kappa shape index (κ1) is 21.8. The molecule has 1 rings (SSSR count). The monoisotopic (exact) mass is 389 g/mol. The molecule has 0 spiro atoms. The van der Waals surface area contributed by atoms with Crippen molar-refractivity contribution < 1.29 is 49.0 Å². The maximum absolute atomic E-state index is 13.2. The molecule has 0 radical (unpaired) electrons. The van der Waals surface area contributed by atoms with E-state index in [1.54, 1.807) is 4.90 Å². The quantitative estimate of drug-likeness (QED) is 0.489. The first-order valence-electron chi connectivity index (χ1n) is 7.30. The molecule has 3 nitrogen and oxygen atoms in total. The molecule has 0 amide bonds. The normalized spacial score (nSPS) is 18.3. The lowest BCUT2D eigenvalue weighted by molar-refractivity contribution is -0.398. The number of ether oxygens (including phenoxy) is 1. The summed E-state index contributed by atoms with van der Waals surface area (Å²) in [6.45, 7) is -1.22. The van der Waals surface area contributed by atoms with Crippen LogP contribution in [0.5, 0.6) is 0 Å². The van der Waals surface area contributed by atoms with E-state index in [0.29, 0.717) is 13.1 Å². The van der Waals surface area contributed by atoms with Crippen molar-refractivity contribution in [1.29, 1.82) is 0 Å². The van der Waals surface area contributed by atoms with Crippen LogP contribution in [0.15, 0.2) is 0 Å². The largest absolute Gasteiger partial charge is 0.460 e. The van der Waals surface area contributed by atoms with E-state index in [0.717, 1.165) is 19.3 Å². The lowest BCUT2D eigenvalue weighted by Gasteiger charge is -2.33. The fourth-order valence-electron chi connectivity index (χ4n) is 2.17. The van der Waals surface area contributed by atoms with Crippen LogP contribution in [0.25, 0.3) is 0 Å². The number of hydrogen-bond acceptors (Lipinski definition) is 3. The van der Waals surface area contributed by atoms with Gasteiger partial charge < -0.3 is 9.64 Å². The molecule has 0 aromatic carbocycles. The lowest BCUT2D eigenvalue weighted by Crippen LogP contribution is -2.62. The number of rotatable bonds is 7. The Morgan fingerprint density at radius 1 is 0.840 bits per heavy atom. The highest BCUT2D eigenvalue weighted by Gasteiger charge is 2.81. The molecule has 1 heterocycles. The van der Waals surface area contributed by atoms with Crippen molar-refractivity contribution in [2.75, 3.05) is 26.2 Å². The van der Waals surface area contributed by atoms with E-state index in [-0.39, 0.29) is 6.54 Å². The predicted molar refractivity (Wildman–Crippen MR) is 66.8 cm³/mol. The first-order valence-corrected chi connectivity index (χ1v) is 7.30. The average molecular weight is 389 g/mol. The molecular weight excluding hydrogens is 373 g/mol. The molecule has 1 aliphatic rings. The van der Waals surface area contributed by atoms with Gasteiger partial charge in [0.25, 0.3) is 0 Å². The minimum atomic E-state index is -6.98. The number of likely N-dealkylation sites (tertiary alicyclic amines) is 1. The molecule has 0 aromatic rings. The van der Waals surface area contributed by atoms with Gasteiger partial charge >= 0.3 is 29.9 Å². The van der Waals surface area contributed by atoms with Gasteiger partial charge in [0.05, 0.1) is 6.42 Å². The Kier molecular flexibility index (Phi) is 6.63. The van der Waals surface area contributed by atoms with Gasteiger partial charge in [-0.25, -0.2) is 0 Å². The number of esters is 1. The lowest BCUT2D eigenvalue weighted by atomic mass is 10.0. The summed E-state index contributed by atoms with van der Waals surface area (Å²) in [5.41, 5.74) is 0. The zero-order valence-electron chi connectivity index (χ0n) is 12.8. The van der Waals surface area contributed by atoms with Crippen molar-refractivity contribution in [2.45, 2.75) is 49.6 Å². The van der Waals surface area contributed by atoms with Crippen LogP contribution in [0.3, 0.4) is 0 Å². The first-order chi connectivity index (χ1) is 11.2. The molecule has 0 N–H and O–H groups in total. The summed E-state index contributed by atoms with van der Waals surface area (Å²) in [5.74, 6) is -21.0. The van der Waals surface area contributed by atoms with Crippen molar-refractivity contribution >= 4 is 5.97 Å². The molecule has 0 aliphatic carbocycles. The standard InChI is InChI=1S/C13H16F9NO2/c14-10(15,11(16,17)12(18,19)13(20,21)22)8-25-9(24)4-7-23-5-2-1-3-6-23/h1-8H2. The summed E-state index contributed by atoms with van der Waals surface area (Å²) in [6.07, 6.45) is -4.68. The fraction of sp³-hybridized carbons (Fsp3) is 0.923. The molecule has 0 saturated carbocycles. The Bertz CT molecular complexity index is 459. The van der Waals surface area contributed by atoms with Crippen LogP contribution in [0.2, 0.25) is 0 Å². The molecular formula is C13H16F9NO2. The number of alkyl halides is 9. The van der Waals surface area contributed by atoms with Gasteiger partial charge in [-0.3, -0.25) is 4.79 Å². The topological polar surface area (TPSA) is 29.5 Å². The van der Waals surface area contributed by atoms with E-state index < -0.39 is 42.9 Å². The summed E-state index contributed by atoms with van der Waals surface area (Å²) in [5, 5.41) is 0. The van der Waals surface area contributed by atoms with Crippen LogP contribution in [-0.4, -0.2) is 61.1 Å². The summed E-state index contributed by atoms with van der Waals surface area (Å²) < 4.78 is 117. The van der Waals surface area contributed by atoms with Crippen molar-refractivity contribution in [3.8, 4) is 0 Å². The molecule has 0 aromatic heterocycles. The van der Waals surface area contributed by atoms with E-state index in [9.17, 15) is 44.3 Å². The van der Waals surface area contributed by atoms with Crippen molar-refractivity contribution in [3.05, 3.63) is 0 Å². The van der Waals surface area contributed by atoms with Gasteiger partial charge in [-0.2, -0.15) is 39.5 Å². The van der Waals surface area contributed by atoms with E-state index in [1.165, 1.54) is 0 Å². The molecule has 148 valence electrons. The van der Waals surface area contributed by atoms with Gasteiger partial charge in [-0.15, -0.1) is 0 Å². The van der Waals surface area contributed by atoms with Gasteiger partial charge in [-0.05, 0) is 25.9 Å². The predicted octanol–water partition coefficient (Wildman–Crippen LogP) is 3.87. The second-order valence-electron chi connectivity index (χ2n) is 5.66. The van der Waals surface area contributed by atoms with Crippen LogP contribution in [0.1, 0.15) is 25.7 Å². The minimum absolute atomic E-state index is 0.0828. The maximum atomic E-state index is 13.2. The summed E-state index contributed by atoms with van der Waals surface area (Å²) >= 11 is 0. The molecule has 1 aliphatic heterocycles. The zero-order valence-corrected chi connectivity index (χ0v) is 12.8. The Hall–Kier alpha value is -1.20. The van der Waals surface area contributed by atoms with Gasteiger partial charge in [0.1, 0.15) is 0 Å². The number of halogens is 9. The molecule has 12 heteroatoms. The van der Waals surface area contributed by atoms with Crippen LogP contribution >= 0.6 is 0 Å². The summed E-state index contributed by atoms with van der Waals surface area (Å²) in [7, 11) is 0. The summed E-state index contributed by atoms with van der Waals surface area (Å²) in [6, 6.07) is 0. The molecule has 0 bridgehead atoms. The van der Waals surface area contributed by atoms with Gasteiger partial charge in [0.2, 0.25) is 0 Å². The van der Waals surface area contributed by atoms with E-state index in [2.05, 4.69) is 4.74 Å². The SMILES string of the molecule is O=C(CCN1CCCCC1)OCC(F)(F)C(F)(F)C(F)(F)C(F)(F)F. The van der Waals surface area contributed by atoms with Crippen molar-refractivity contribution in [2.24, 2.45) is 0 Å². The maximum Gasteiger partial charge on any atom is 0.460 e. The number of carbonyl (C=O) groups excluding carboxylic acids is 1. The highest BCUT2D eigenvalue weighted by atomic mass is 19.4. The van der Waals surface area contributed by atoms with E-state index in [1.807, 2.05) is 0 Å². The molecule has 1 saturated heterocycles. The third-order valence-corrected chi connectivity index (χ3v) is 3.71. The fourth-order valence-corrected chi connectivity index (χ4v) is 2.17. The smallest absolute Gasteiger partial charge is 0.459 e. The van der Waals surface area contributed by atoms with Gasteiger partial charge in [-0.1, -0.05) is 6.42 Å². The highest BCUT2D eigenvalue weighted by molar-refractivity contribution is 5.69. The Labute approximate surface area is 137 Å². The Morgan fingerprint density at radius 3 is 1.84 bits per heavy atom. The third kappa shape index (κ3) is 4.91. The number of carbonyl (C=O) groups is 1. The zero-order chi connectivity index (χ0) is 19.5. The van der Waals surface area contributed by atoms with E-state index >= 15 is 0 Å². The second kappa shape index (κ2) is 7.58. The Morgan fingerprint density at radius 2 is 1.36 bits per heavy atom. The van der Waals surface area contributed by atoms with Crippen LogP contribution in [-0.2, 0) is 9.53 Å². The van der Waals surface area contributed by atoms with Gasteiger partial charge in [0, 0.05) is 6.54 Å². The minimum Gasteiger partial charge on any atom is -0.459 e.